The smallest absolute Gasteiger partial charge is 0.268 e. The van der Waals surface area contributed by atoms with Crippen LogP contribution in [0.15, 0.2) is 18.3 Å². The zero-order valence-electron chi connectivity index (χ0n) is 8.36. The van der Waals surface area contributed by atoms with Crippen LogP contribution in [-0.4, -0.2) is 22.0 Å². The Morgan fingerprint density at radius 3 is 2.82 bits per heavy atom. The molecule has 0 aliphatic carbocycles. The van der Waals surface area contributed by atoms with Crippen LogP contribution in [0.3, 0.4) is 0 Å². The number of nitrogens with zero attached hydrogens (tertiary/aromatic N) is 1. The first-order valence-corrected chi connectivity index (χ1v) is 5.29. The van der Waals surface area contributed by atoms with Crippen LogP contribution in [0.4, 0.5) is 10.1 Å². The summed E-state index contributed by atoms with van der Waals surface area (Å²) in [5.41, 5.74) is 5.22. The van der Waals surface area contributed by atoms with E-state index in [-0.39, 0.29) is 16.3 Å². The number of anilines is 1. The average Bonchev–Trinajstić information content (AvgIpc) is 2.86. The molecule has 17 heavy (non-hydrogen) atoms. The van der Waals surface area contributed by atoms with Crippen molar-refractivity contribution in [3.05, 3.63) is 34.0 Å². The van der Waals surface area contributed by atoms with E-state index in [0.29, 0.717) is 11.3 Å². The first kappa shape index (κ1) is 11.3. The predicted molar refractivity (Wildman–Crippen MR) is 59.3 cm³/mol. The minimum atomic E-state index is -0.741. The molecule has 2 aromatic heterocycles. The van der Waals surface area contributed by atoms with E-state index in [1.807, 2.05) is 0 Å². The van der Waals surface area contributed by atoms with E-state index in [0.717, 1.165) is 0 Å². The van der Waals surface area contributed by atoms with Gasteiger partial charge in [0.05, 0.1) is 16.8 Å². The number of halogens is 1. The fraction of sp³-hybridized carbons (Fsp3) is 0. The molecule has 0 spiro atoms. The highest BCUT2D eigenvalue weighted by atomic mass is 32.1. The van der Waals surface area contributed by atoms with Gasteiger partial charge in [-0.1, -0.05) is 0 Å². The van der Waals surface area contributed by atoms with Gasteiger partial charge in [-0.3, -0.25) is 14.7 Å². The monoisotopic (exact) mass is 254 g/mol. The highest BCUT2D eigenvalue weighted by Crippen LogP contribution is 2.17. The van der Waals surface area contributed by atoms with Crippen LogP contribution in [0, 0.1) is 5.13 Å². The Hall–Kier alpha value is -2.22. The van der Waals surface area contributed by atoms with Crippen LogP contribution >= 0.6 is 11.3 Å². The second kappa shape index (κ2) is 4.34. The number of hydrogen-bond acceptors (Lipinski definition) is 4. The maximum absolute atomic E-state index is 12.7. The number of carbonyl (C=O) groups excluding carboxylic acids is 2. The summed E-state index contributed by atoms with van der Waals surface area (Å²) in [5.74, 6) is -1.27. The van der Waals surface area contributed by atoms with Crippen LogP contribution in [0.1, 0.15) is 20.2 Å². The van der Waals surface area contributed by atoms with E-state index in [4.69, 9.17) is 5.73 Å². The SMILES string of the molecule is NC(=O)c1[nH]ncc1NC(=O)c1ccc(F)s1. The molecule has 2 aromatic rings. The fourth-order valence-electron chi connectivity index (χ4n) is 1.19. The molecule has 0 aromatic carbocycles. The van der Waals surface area contributed by atoms with E-state index in [2.05, 4.69) is 15.5 Å². The third kappa shape index (κ3) is 2.31. The van der Waals surface area contributed by atoms with Crippen molar-refractivity contribution in [3.8, 4) is 0 Å². The Morgan fingerprint density at radius 1 is 1.47 bits per heavy atom. The zero-order chi connectivity index (χ0) is 12.4. The zero-order valence-corrected chi connectivity index (χ0v) is 9.18. The van der Waals surface area contributed by atoms with Gasteiger partial charge < -0.3 is 11.1 Å². The third-order valence-corrected chi connectivity index (χ3v) is 2.80. The summed E-state index contributed by atoms with van der Waals surface area (Å²) in [6.07, 6.45) is 1.25. The van der Waals surface area contributed by atoms with Gasteiger partial charge in [0.15, 0.2) is 5.13 Å². The number of carbonyl (C=O) groups is 2. The Bertz CT molecular complexity index is 577. The molecule has 0 aliphatic rings. The Labute approximate surface area is 98.6 Å². The van der Waals surface area contributed by atoms with Gasteiger partial charge in [0, 0.05) is 0 Å². The largest absolute Gasteiger partial charge is 0.364 e. The van der Waals surface area contributed by atoms with Crippen LogP contribution in [0.5, 0.6) is 0 Å². The molecule has 0 saturated carbocycles. The maximum atomic E-state index is 12.7. The molecule has 0 aliphatic heterocycles. The van der Waals surface area contributed by atoms with E-state index in [9.17, 15) is 14.0 Å². The Morgan fingerprint density at radius 2 is 2.24 bits per heavy atom. The molecule has 6 nitrogen and oxygen atoms in total. The number of nitrogens with one attached hydrogen (secondary N) is 2. The minimum absolute atomic E-state index is 0.00428. The van der Waals surface area contributed by atoms with Crippen molar-refractivity contribution in [2.45, 2.75) is 0 Å². The lowest BCUT2D eigenvalue weighted by Gasteiger charge is -2.01. The predicted octanol–water partition coefficient (Wildman–Crippen LogP) is 0.961. The van der Waals surface area contributed by atoms with Crippen molar-refractivity contribution in [2.75, 3.05) is 5.32 Å². The molecule has 0 bridgehead atoms. The number of nitrogens with two attached hydrogens (primary N) is 1. The van der Waals surface area contributed by atoms with Gasteiger partial charge in [-0.05, 0) is 12.1 Å². The minimum Gasteiger partial charge on any atom is -0.364 e. The molecule has 88 valence electrons. The quantitative estimate of drug-likeness (QED) is 0.760. The number of aromatic nitrogens is 2. The summed E-state index contributed by atoms with van der Waals surface area (Å²) in [7, 11) is 0. The molecule has 0 atom stereocenters. The van der Waals surface area contributed by atoms with E-state index < -0.39 is 16.9 Å². The molecule has 0 fully saturated rings. The van der Waals surface area contributed by atoms with Crippen molar-refractivity contribution in [1.82, 2.24) is 10.2 Å². The topological polar surface area (TPSA) is 101 Å². The number of amides is 2. The van der Waals surface area contributed by atoms with Gasteiger partial charge in [-0.15, -0.1) is 11.3 Å². The number of H-pyrrole nitrogens is 1. The lowest BCUT2D eigenvalue weighted by atomic mass is 10.3. The number of thiophene rings is 1. The van der Waals surface area contributed by atoms with Gasteiger partial charge >= 0.3 is 0 Å². The molecule has 8 heteroatoms. The summed E-state index contributed by atoms with van der Waals surface area (Å²) in [6, 6.07) is 2.53. The second-order valence-corrected chi connectivity index (χ2v) is 4.11. The van der Waals surface area contributed by atoms with Crippen LogP contribution in [-0.2, 0) is 0 Å². The van der Waals surface area contributed by atoms with Gasteiger partial charge in [0.2, 0.25) is 0 Å². The van der Waals surface area contributed by atoms with Crippen LogP contribution in [0.2, 0.25) is 0 Å². The summed E-state index contributed by atoms with van der Waals surface area (Å²) in [5, 5.41) is 7.89. The number of rotatable bonds is 3. The first-order chi connectivity index (χ1) is 8.08. The summed E-state index contributed by atoms with van der Waals surface area (Å²) < 4.78 is 12.7. The first-order valence-electron chi connectivity index (χ1n) is 4.48. The van der Waals surface area contributed by atoms with Crippen molar-refractivity contribution in [1.29, 1.82) is 0 Å². The third-order valence-electron chi connectivity index (χ3n) is 1.93. The summed E-state index contributed by atoms with van der Waals surface area (Å²) in [6.45, 7) is 0. The molecule has 2 heterocycles. The van der Waals surface area contributed by atoms with Crippen molar-refractivity contribution in [3.63, 3.8) is 0 Å². The van der Waals surface area contributed by atoms with Crippen molar-refractivity contribution < 1.29 is 14.0 Å². The number of hydrogen-bond donors (Lipinski definition) is 3. The highest BCUT2D eigenvalue weighted by molar-refractivity contribution is 7.12. The molecule has 2 amide bonds. The van der Waals surface area contributed by atoms with Gasteiger partial charge in [-0.25, -0.2) is 0 Å². The highest BCUT2D eigenvalue weighted by Gasteiger charge is 2.15. The fourth-order valence-corrected chi connectivity index (χ4v) is 1.81. The van der Waals surface area contributed by atoms with Crippen molar-refractivity contribution in [2.24, 2.45) is 5.73 Å². The van der Waals surface area contributed by atoms with E-state index in [1.165, 1.54) is 18.3 Å². The summed E-state index contributed by atoms with van der Waals surface area (Å²) >= 11 is 0.706. The molecular weight excluding hydrogens is 247 g/mol. The lowest BCUT2D eigenvalue weighted by Crippen LogP contribution is -2.17. The van der Waals surface area contributed by atoms with Gasteiger partial charge in [0.1, 0.15) is 5.69 Å². The molecular formula is C9H7FN4O2S. The Kier molecular flexibility index (Phi) is 2.88. The second-order valence-electron chi connectivity index (χ2n) is 3.08. The average molecular weight is 254 g/mol. The van der Waals surface area contributed by atoms with E-state index in [1.54, 1.807) is 0 Å². The molecule has 0 radical (unpaired) electrons. The van der Waals surface area contributed by atoms with Gasteiger partial charge in [-0.2, -0.15) is 9.49 Å². The number of aromatic amines is 1. The van der Waals surface area contributed by atoms with E-state index >= 15 is 0 Å². The maximum Gasteiger partial charge on any atom is 0.268 e. The van der Waals surface area contributed by atoms with Gasteiger partial charge in [0.25, 0.3) is 11.8 Å². The standard InChI is InChI=1S/C9H7FN4O2S/c10-6-2-1-5(17-6)9(16)13-4-3-12-14-7(4)8(11)15/h1-3H,(H2,11,15)(H,12,14)(H,13,16). The summed E-state index contributed by atoms with van der Waals surface area (Å²) in [4.78, 5) is 22.8. The molecule has 0 saturated heterocycles. The lowest BCUT2D eigenvalue weighted by molar-refractivity contribution is 0.0996. The van der Waals surface area contributed by atoms with Crippen molar-refractivity contribution >= 4 is 28.8 Å². The normalized spacial score (nSPS) is 10.2. The van der Waals surface area contributed by atoms with Crippen LogP contribution < -0.4 is 11.1 Å². The Balaban J connectivity index is 2.18. The molecule has 2 rings (SSSR count). The number of primary amides is 1. The van der Waals surface area contributed by atoms with Crippen LogP contribution in [0.25, 0.3) is 0 Å². The molecule has 0 unspecified atom stereocenters. The molecule has 4 N–H and O–H groups in total.